The van der Waals surface area contributed by atoms with E-state index >= 15 is 0 Å². The molecule has 4 aromatic rings. The van der Waals surface area contributed by atoms with Crippen molar-refractivity contribution in [2.45, 2.75) is 66.3 Å². The predicted octanol–water partition coefficient (Wildman–Crippen LogP) is 9.28. The fraction of sp³-hybridized carbons (Fsp3) is 0.323. The summed E-state index contributed by atoms with van der Waals surface area (Å²) in [6.07, 6.45) is -2.30. The summed E-state index contributed by atoms with van der Waals surface area (Å²) in [5.41, 5.74) is 1.96. The SMILES string of the molecule is C=C(OC(C)(C)C)c1c(-c2cccnc2CC)c2cc(C(F)(F)F)ccc2n1Cc1ccccc1F.CC. The van der Waals surface area contributed by atoms with Crippen molar-refractivity contribution in [1.29, 1.82) is 0 Å². The van der Waals surface area contributed by atoms with Gasteiger partial charge in [0.1, 0.15) is 17.2 Å². The van der Waals surface area contributed by atoms with Gasteiger partial charge in [0, 0.05) is 39.5 Å². The molecular formula is C31H34F4N2O. The van der Waals surface area contributed by atoms with Gasteiger partial charge >= 0.3 is 6.18 Å². The maximum Gasteiger partial charge on any atom is 0.416 e. The fourth-order valence-electron chi connectivity index (χ4n) is 4.42. The van der Waals surface area contributed by atoms with Crippen molar-refractivity contribution in [2.75, 3.05) is 0 Å². The molecule has 0 N–H and O–H groups in total. The lowest BCUT2D eigenvalue weighted by atomic mass is 9.97. The van der Waals surface area contributed by atoms with Gasteiger partial charge in [0.2, 0.25) is 0 Å². The molecule has 0 radical (unpaired) electrons. The summed E-state index contributed by atoms with van der Waals surface area (Å²) in [5, 5.41) is 0.373. The zero-order valence-corrected chi connectivity index (χ0v) is 22.7. The number of hydrogen-bond acceptors (Lipinski definition) is 2. The van der Waals surface area contributed by atoms with Crippen LogP contribution in [-0.4, -0.2) is 15.2 Å². The van der Waals surface area contributed by atoms with Gasteiger partial charge in [-0.1, -0.05) is 51.6 Å². The largest absolute Gasteiger partial charge is 0.487 e. The van der Waals surface area contributed by atoms with Gasteiger partial charge in [-0.2, -0.15) is 13.2 Å². The number of aryl methyl sites for hydroxylation is 1. The maximum absolute atomic E-state index is 14.7. The number of halogens is 4. The summed E-state index contributed by atoms with van der Waals surface area (Å²) in [7, 11) is 0. The van der Waals surface area contributed by atoms with Crippen LogP contribution < -0.4 is 0 Å². The van der Waals surface area contributed by atoms with Gasteiger partial charge in [-0.25, -0.2) is 4.39 Å². The zero-order valence-electron chi connectivity index (χ0n) is 22.7. The zero-order chi connectivity index (χ0) is 28.3. The Morgan fingerprint density at radius 3 is 2.29 bits per heavy atom. The lowest BCUT2D eigenvalue weighted by Gasteiger charge is -2.25. The van der Waals surface area contributed by atoms with Gasteiger partial charge in [-0.05, 0) is 57.5 Å². The summed E-state index contributed by atoms with van der Waals surface area (Å²) < 4.78 is 64.0. The number of benzene rings is 2. The average molecular weight is 527 g/mol. The summed E-state index contributed by atoms with van der Waals surface area (Å²) in [5.74, 6) is -0.124. The highest BCUT2D eigenvalue weighted by Crippen LogP contribution is 2.43. The summed E-state index contributed by atoms with van der Waals surface area (Å²) in [6, 6.07) is 13.5. The highest BCUT2D eigenvalue weighted by Gasteiger charge is 2.33. The van der Waals surface area contributed by atoms with Crippen LogP contribution in [-0.2, 0) is 23.9 Å². The average Bonchev–Trinajstić information content (AvgIpc) is 3.18. The van der Waals surface area contributed by atoms with Crippen LogP contribution in [0.15, 0.2) is 67.4 Å². The third kappa shape index (κ3) is 6.09. The topological polar surface area (TPSA) is 27.1 Å². The molecule has 4 rings (SSSR count). The molecule has 0 amide bonds. The van der Waals surface area contributed by atoms with Crippen LogP contribution in [0.3, 0.4) is 0 Å². The summed E-state index contributed by atoms with van der Waals surface area (Å²) in [6.45, 7) is 15.8. The third-order valence-corrected chi connectivity index (χ3v) is 5.86. The molecule has 202 valence electrons. The highest BCUT2D eigenvalue weighted by molar-refractivity contribution is 6.02. The second-order valence-electron chi connectivity index (χ2n) is 9.62. The molecule has 0 atom stereocenters. The first-order valence-electron chi connectivity index (χ1n) is 12.7. The van der Waals surface area contributed by atoms with Gasteiger partial charge < -0.3 is 9.30 Å². The minimum atomic E-state index is -4.53. The maximum atomic E-state index is 14.7. The lowest BCUT2D eigenvalue weighted by Crippen LogP contribution is -2.19. The lowest BCUT2D eigenvalue weighted by molar-refractivity contribution is -0.137. The first-order valence-corrected chi connectivity index (χ1v) is 12.7. The Hall–Kier alpha value is -3.61. The van der Waals surface area contributed by atoms with Crippen molar-refractivity contribution < 1.29 is 22.3 Å². The molecule has 38 heavy (non-hydrogen) atoms. The Morgan fingerprint density at radius 2 is 1.68 bits per heavy atom. The number of hydrogen-bond donors (Lipinski definition) is 0. The van der Waals surface area contributed by atoms with E-state index in [9.17, 15) is 17.6 Å². The number of aromatic nitrogens is 2. The number of fused-ring (bicyclic) bond motifs is 1. The molecule has 0 spiro atoms. The van der Waals surface area contributed by atoms with Crippen molar-refractivity contribution in [3.8, 4) is 11.1 Å². The minimum absolute atomic E-state index is 0.0815. The van der Waals surface area contributed by atoms with E-state index in [-0.39, 0.29) is 12.3 Å². The molecule has 0 aliphatic rings. The Balaban J connectivity index is 0.00000195. The van der Waals surface area contributed by atoms with Crippen LogP contribution in [0, 0.1) is 5.82 Å². The van der Waals surface area contributed by atoms with Gasteiger partial charge in [0.05, 0.1) is 17.8 Å². The van der Waals surface area contributed by atoms with Crippen LogP contribution in [0.2, 0.25) is 0 Å². The third-order valence-electron chi connectivity index (χ3n) is 5.86. The van der Waals surface area contributed by atoms with Crippen molar-refractivity contribution in [2.24, 2.45) is 0 Å². The van der Waals surface area contributed by atoms with E-state index in [1.807, 2.05) is 47.6 Å². The Bertz CT molecular complexity index is 1430. The van der Waals surface area contributed by atoms with Crippen molar-refractivity contribution in [1.82, 2.24) is 9.55 Å². The molecule has 0 aliphatic heterocycles. The number of rotatable bonds is 6. The number of pyridine rings is 1. The minimum Gasteiger partial charge on any atom is -0.487 e. The molecule has 0 aliphatic carbocycles. The van der Waals surface area contributed by atoms with E-state index in [4.69, 9.17) is 4.74 Å². The summed E-state index contributed by atoms with van der Waals surface area (Å²) >= 11 is 0. The number of ether oxygens (including phenoxy) is 1. The first kappa shape index (κ1) is 29.0. The Morgan fingerprint density at radius 1 is 1.00 bits per heavy atom. The van der Waals surface area contributed by atoms with Crippen LogP contribution >= 0.6 is 0 Å². The van der Waals surface area contributed by atoms with Crippen LogP contribution in [0.5, 0.6) is 0 Å². The molecule has 0 unspecified atom stereocenters. The highest BCUT2D eigenvalue weighted by atomic mass is 19.4. The van der Waals surface area contributed by atoms with Crippen LogP contribution in [0.1, 0.15) is 64.1 Å². The molecule has 2 aromatic heterocycles. The van der Waals surface area contributed by atoms with E-state index < -0.39 is 23.2 Å². The fourth-order valence-corrected chi connectivity index (χ4v) is 4.42. The normalized spacial score (nSPS) is 11.7. The second-order valence-corrected chi connectivity index (χ2v) is 9.62. The number of alkyl halides is 3. The quantitative estimate of drug-likeness (QED) is 0.185. The van der Waals surface area contributed by atoms with E-state index in [1.165, 1.54) is 12.1 Å². The smallest absolute Gasteiger partial charge is 0.416 e. The Labute approximate surface area is 221 Å². The monoisotopic (exact) mass is 526 g/mol. The summed E-state index contributed by atoms with van der Waals surface area (Å²) in [4.78, 5) is 4.47. The second kappa shape index (κ2) is 11.4. The van der Waals surface area contributed by atoms with E-state index in [1.54, 1.807) is 35.0 Å². The van der Waals surface area contributed by atoms with Crippen molar-refractivity contribution in [3.63, 3.8) is 0 Å². The van der Waals surface area contributed by atoms with Crippen molar-refractivity contribution in [3.05, 3.63) is 95.7 Å². The molecule has 0 saturated carbocycles. The van der Waals surface area contributed by atoms with Gasteiger partial charge in [-0.15, -0.1) is 0 Å². The molecule has 7 heteroatoms. The molecular weight excluding hydrogens is 492 g/mol. The van der Waals surface area contributed by atoms with Gasteiger partial charge in [-0.3, -0.25) is 4.98 Å². The number of nitrogens with zero attached hydrogens (tertiary/aromatic N) is 2. The van der Waals surface area contributed by atoms with Gasteiger partial charge in [0.15, 0.2) is 0 Å². The van der Waals surface area contributed by atoms with E-state index in [0.29, 0.717) is 39.7 Å². The van der Waals surface area contributed by atoms with Gasteiger partial charge in [0.25, 0.3) is 0 Å². The molecule has 3 nitrogen and oxygen atoms in total. The van der Waals surface area contributed by atoms with Crippen LogP contribution in [0.4, 0.5) is 17.6 Å². The standard InChI is InChI=1S/C29H28F4N2O.C2H6/c1-6-24-21(11-9-15-34-24)26-22-16-20(29(31,32)33)13-14-25(22)35(17-19-10-7-8-12-23(19)30)27(26)18(2)36-28(3,4)5;1-2/h7-16H,2,6,17H2,1,3-5H3;1-2H3. The molecule has 2 heterocycles. The molecule has 0 fully saturated rings. The molecule has 0 saturated heterocycles. The first-order chi connectivity index (χ1) is 17.9. The van der Waals surface area contributed by atoms with E-state index in [2.05, 4.69) is 11.6 Å². The van der Waals surface area contributed by atoms with Crippen LogP contribution in [0.25, 0.3) is 27.8 Å². The molecule has 2 aromatic carbocycles. The van der Waals surface area contributed by atoms with Crippen molar-refractivity contribution >= 4 is 16.7 Å². The molecule has 0 bridgehead atoms. The predicted molar refractivity (Wildman–Crippen MR) is 146 cm³/mol. The van der Waals surface area contributed by atoms with E-state index in [0.717, 1.165) is 17.8 Å². The Kier molecular flexibility index (Phi) is 8.70.